The maximum atomic E-state index is 13.0. The van der Waals surface area contributed by atoms with E-state index in [4.69, 9.17) is 14.2 Å². The van der Waals surface area contributed by atoms with Crippen LogP contribution in [0.4, 0.5) is 0 Å². The Morgan fingerprint density at radius 2 is 1.77 bits per heavy atom. The van der Waals surface area contributed by atoms with Crippen LogP contribution >= 0.6 is 0 Å². The van der Waals surface area contributed by atoms with E-state index < -0.39 is 15.3 Å². The van der Waals surface area contributed by atoms with E-state index in [2.05, 4.69) is 10.8 Å². The van der Waals surface area contributed by atoms with Gasteiger partial charge in [0.05, 0.1) is 32.0 Å². The van der Waals surface area contributed by atoms with Crippen LogP contribution in [0, 0.1) is 0 Å². The second-order valence-corrected chi connectivity index (χ2v) is 11.0. The minimum Gasteiger partial charge on any atom is -0.483 e. The molecule has 4 heterocycles. The molecule has 3 fully saturated rings. The van der Waals surface area contributed by atoms with E-state index in [1.807, 2.05) is 18.2 Å². The van der Waals surface area contributed by atoms with Crippen LogP contribution in [0.3, 0.4) is 0 Å². The monoisotopic (exact) mass is 450 g/mol. The minimum absolute atomic E-state index is 0.0560. The van der Waals surface area contributed by atoms with Gasteiger partial charge >= 0.3 is 0 Å². The predicted octanol–water partition coefficient (Wildman–Crippen LogP) is 1.41. The Balaban J connectivity index is 1.37. The summed E-state index contributed by atoms with van der Waals surface area (Å²) in [4.78, 5) is 14.8. The van der Waals surface area contributed by atoms with Gasteiger partial charge in [0.25, 0.3) is 5.91 Å². The maximum Gasteiger partial charge on any atom is 0.260 e. The van der Waals surface area contributed by atoms with E-state index in [0.29, 0.717) is 25.5 Å². The van der Waals surface area contributed by atoms with Crippen LogP contribution in [0.25, 0.3) is 0 Å². The first-order valence-corrected chi connectivity index (χ1v) is 12.8. The van der Waals surface area contributed by atoms with Crippen LogP contribution in [0.2, 0.25) is 0 Å². The van der Waals surface area contributed by atoms with Gasteiger partial charge in [0.2, 0.25) is 10.0 Å². The lowest BCUT2D eigenvalue weighted by Gasteiger charge is -2.33. The zero-order chi connectivity index (χ0) is 21.4. The number of para-hydroxylation sites is 1. The molecular weight excluding hydrogens is 420 g/mol. The maximum absolute atomic E-state index is 13.0. The minimum atomic E-state index is -3.48. The molecule has 1 amide bonds. The average Bonchev–Trinajstić information content (AvgIpc) is 3.11. The van der Waals surface area contributed by atoms with Gasteiger partial charge < -0.3 is 19.1 Å². The second-order valence-electron chi connectivity index (χ2n) is 9.01. The predicted molar refractivity (Wildman–Crippen MR) is 113 cm³/mol. The molecule has 1 aliphatic carbocycles. The van der Waals surface area contributed by atoms with Crippen LogP contribution in [0.5, 0.6) is 5.75 Å². The number of nitrogens with zero attached hydrogens (tertiary/aromatic N) is 1. The highest BCUT2D eigenvalue weighted by molar-refractivity contribution is 7.90. The van der Waals surface area contributed by atoms with Gasteiger partial charge in [0.15, 0.2) is 6.61 Å². The summed E-state index contributed by atoms with van der Waals surface area (Å²) in [5, 5.41) is -0.511. The molecule has 2 atom stereocenters. The molecule has 5 aliphatic rings. The van der Waals surface area contributed by atoms with Crippen molar-refractivity contribution in [2.75, 3.05) is 33.0 Å². The third-order valence-corrected chi connectivity index (χ3v) is 8.90. The molecule has 9 heteroatoms. The lowest BCUT2D eigenvalue weighted by atomic mass is 9.82. The quantitative estimate of drug-likeness (QED) is 0.748. The highest BCUT2D eigenvalue weighted by Gasteiger charge is 2.43. The number of carbonyl (C=O) groups excluding carboxylic acids is 1. The van der Waals surface area contributed by atoms with Crippen LogP contribution < -0.4 is 9.46 Å². The number of nitrogens with one attached hydrogen (secondary N) is 1. The Hall–Kier alpha value is -1.68. The Morgan fingerprint density at radius 3 is 2.52 bits per heavy atom. The number of rotatable bonds is 3. The molecule has 1 saturated carbocycles. The highest BCUT2D eigenvalue weighted by Crippen LogP contribution is 2.39. The van der Waals surface area contributed by atoms with Gasteiger partial charge in [-0.05, 0) is 49.7 Å². The summed E-state index contributed by atoms with van der Waals surface area (Å²) in [6.45, 7) is 1.21. The molecular formula is C22H30N2O6S. The molecule has 2 bridgehead atoms. The van der Waals surface area contributed by atoms with Crippen LogP contribution in [-0.2, 0) is 24.3 Å². The summed E-state index contributed by atoms with van der Waals surface area (Å²) >= 11 is 0. The van der Waals surface area contributed by atoms with Crippen molar-refractivity contribution in [2.24, 2.45) is 0 Å². The second kappa shape index (κ2) is 8.69. The fourth-order valence-electron chi connectivity index (χ4n) is 5.15. The first-order chi connectivity index (χ1) is 15.0. The third kappa shape index (κ3) is 4.33. The molecule has 8 nitrogen and oxygen atoms in total. The van der Waals surface area contributed by atoms with Gasteiger partial charge in [0, 0.05) is 12.6 Å². The number of sulfonamides is 1. The van der Waals surface area contributed by atoms with Gasteiger partial charge in [-0.1, -0.05) is 18.2 Å². The molecule has 2 saturated heterocycles. The van der Waals surface area contributed by atoms with Crippen molar-refractivity contribution < 1.29 is 27.4 Å². The lowest BCUT2D eigenvalue weighted by Crippen LogP contribution is -2.54. The average molecular weight is 451 g/mol. The van der Waals surface area contributed by atoms with Gasteiger partial charge in [0.1, 0.15) is 11.0 Å². The Morgan fingerprint density at radius 1 is 1.00 bits per heavy atom. The standard InChI is InChI=1S/C22H30N2O6S/c25-22-14-30-21-4-2-1-3-18(21)15-5-7-16(8-6-15)29-13-20-19(9-10-24(20)22)23-31(26,27)17-11-28-12-17/h1-4,15-17,19-20,23H,5-14H2/t15?,16?,19-,20-/m0/s1. The van der Waals surface area contributed by atoms with Crippen molar-refractivity contribution in [3.8, 4) is 5.75 Å². The zero-order valence-electron chi connectivity index (χ0n) is 17.6. The number of benzene rings is 1. The van der Waals surface area contributed by atoms with E-state index >= 15 is 0 Å². The number of hydrogen-bond donors (Lipinski definition) is 1. The van der Waals surface area contributed by atoms with Gasteiger partial charge in [-0.2, -0.15) is 0 Å². The summed E-state index contributed by atoms with van der Waals surface area (Å²) in [6.07, 6.45) is 4.65. The molecule has 0 aromatic heterocycles. The fourth-order valence-corrected chi connectivity index (χ4v) is 6.59. The van der Waals surface area contributed by atoms with Crippen LogP contribution in [-0.4, -0.2) is 75.6 Å². The molecule has 0 unspecified atom stereocenters. The molecule has 0 radical (unpaired) electrons. The van der Waals surface area contributed by atoms with Crippen LogP contribution in [0.15, 0.2) is 24.3 Å². The molecule has 4 aliphatic heterocycles. The fraction of sp³-hybridized carbons (Fsp3) is 0.682. The lowest BCUT2D eigenvalue weighted by molar-refractivity contribution is -0.136. The van der Waals surface area contributed by atoms with Crippen molar-refractivity contribution >= 4 is 15.9 Å². The first kappa shape index (κ1) is 21.2. The largest absolute Gasteiger partial charge is 0.483 e. The van der Waals surface area contributed by atoms with Gasteiger partial charge in [-0.3, -0.25) is 4.79 Å². The van der Waals surface area contributed by atoms with Gasteiger partial charge in [-0.15, -0.1) is 0 Å². The molecule has 1 aromatic rings. The first-order valence-electron chi connectivity index (χ1n) is 11.2. The number of carbonyl (C=O) groups is 1. The van der Waals surface area contributed by atoms with Crippen molar-refractivity contribution in [1.82, 2.24) is 9.62 Å². The Bertz CT molecular complexity index is 910. The summed E-state index contributed by atoms with van der Waals surface area (Å²) < 4.78 is 45.4. The number of fused-ring (bicyclic) bond motifs is 5. The molecule has 6 rings (SSSR count). The summed E-state index contributed by atoms with van der Waals surface area (Å²) in [7, 11) is -3.48. The zero-order valence-corrected chi connectivity index (χ0v) is 18.4. The number of hydrogen-bond acceptors (Lipinski definition) is 6. The van der Waals surface area contributed by atoms with Gasteiger partial charge in [-0.25, -0.2) is 13.1 Å². The SMILES string of the molecule is O=C1COc2ccccc2C2CCC(CC2)OC[C@H]2[C@@H](NS(=O)(=O)C3COC3)CCN12. The van der Waals surface area contributed by atoms with E-state index in [9.17, 15) is 13.2 Å². The van der Waals surface area contributed by atoms with E-state index in [-0.39, 0.29) is 43.9 Å². The van der Waals surface area contributed by atoms with Crippen molar-refractivity contribution in [3.63, 3.8) is 0 Å². The van der Waals surface area contributed by atoms with Crippen molar-refractivity contribution in [2.45, 2.75) is 61.5 Å². The number of ether oxygens (including phenoxy) is 3. The summed E-state index contributed by atoms with van der Waals surface area (Å²) in [6, 6.07) is 7.29. The smallest absolute Gasteiger partial charge is 0.260 e. The molecule has 170 valence electrons. The van der Waals surface area contributed by atoms with E-state index in [1.54, 1.807) is 4.90 Å². The molecule has 1 N–H and O–H groups in total. The highest BCUT2D eigenvalue weighted by atomic mass is 32.2. The Labute approximate surface area is 183 Å². The normalized spacial score (nSPS) is 32.1. The van der Waals surface area contributed by atoms with Crippen molar-refractivity contribution in [1.29, 1.82) is 0 Å². The molecule has 31 heavy (non-hydrogen) atoms. The Kier molecular flexibility index (Phi) is 5.94. The summed E-state index contributed by atoms with van der Waals surface area (Å²) in [5.41, 5.74) is 1.17. The number of amides is 1. The molecule has 0 spiro atoms. The van der Waals surface area contributed by atoms with E-state index in [0.717, 1.165) is 31.4 Å². The summed E-state index contributed by atoms with van der Waals surface area (Å²) in [5.74, 6) is 1.05. The van der Waals surface area contributed by atoms with Crippen LogP contribution in [0.1, 0.15) is 43.6 Å². The van der Waals surface area contributed by atoms with Crippen molar-refractivity contribution in [3.05, 3.63) is 29.8 Å². The third-order valence-electron chi connectivity index (χ3n) is 7.11. The topological polar surface area (TPSA) is 94.2 Å². The molecule has 1 aromatic carbocycles. The van der Waals surface area contributed by atoms with E-state index in [1.165, 1.54) is 5.56 Å².